The number of halogens is 4. The summed E-state index contributed by atoms with van der Waals surface area (Å²) in [5.41, 5.74) is 5.33. The van der Waals surface area contributed by atoms with Crippen molar-refractivity contribution in [2.45, 2.75) is 51.4 Å². The van der Waals surface area contributed by atoms with Crippen molar-refractivity contribution in [2.24, 2.45) is 11.7 Å². The van der Waals surface area contributed by atoms with Gasteiger partial charge in [-0.3, -0.25) is 9.59 Å². The Hall–Kier alpha value is -1.80. The third-order valence-corrected chi connectivity index (χ3v) is 5.24. The van der Waals surface area contributed by atoms with E-state index < -0.39 is 23.2 Å². The van der Waals surface area contributed by atoms with Crippen LogP contribution in [0.15, 0.2) is 24.3 Å². The number of hydrogen-bond acceptors (Lipinski definition) is 3. The van der Waals surface area contributed by atoms with E-state index in [2.05, 4.69) is 5.32 Å². The van der Waals surface area contributed by atoms with Gasteiger partial charge in [-0.05, 0) is 30.5 Å². The maximum Gasteiger partial charge on any atom is 0.416 e. The Balaban J connectivity index is 0.00000392. The number of nitrogens with two attached hydrogens (primary N) is 1. The molecule has 1 aliphatic rings. The lowest BCUT2D eigenvalue weighted by atomic mass is 9.94. The monoisotopic (exact) mass is 421 g/mol. The fourth-order valence-electron chi connectivity index (χ4n) is 3.07. The molecule has 28 heavy (non-hydrogen) atoms. The van der Waals surface area contributed by atoms with Crippen molar-refractivity contribution in [1.29, 1.82) is 0 Å². The van der Waals surface area contributed by atoms with Crippen LogP contribution in [0, 0.1) is 5.92 Å². The van der Waals surface area contributed by atoms with E-state index >= 15 is 0 Å². The van der Waals surface area contributed by atoms with Crippen molar-refractivity contribution in [2.75, 3.05) is 13.1 Å². The molecule has 2 rings (SSSR count). The summed E-state index contributed by atoms with van der Waals surface area (Å²) >= 11 is 0. The smallest absolute Gasteiger partial charge is 0.354 e. The number of carbonyl (C=O) groups excluding carboxylic acids is 2. The van der Waals surface area contributed by atoms with Crippen LogP contribution in [0.2, 0.25) is 0 Å². The fraction of sp³-hybridized carbons (Fsp3) is 0.579. The van der Waals surface area contributed by atoms with Crippen LogP contribution in [0.25, 0.3) is 0 Å². The predicted octanol–water partition coefficient (Wildman–Crippen LogP) is 3.11. The minimum absolute atomic E-state index is 0. The van der Waals surface area contributed by atoms with E-state index in [1.807, 2.05) is 13.8 Å². The van der Waals surface area contributed by atoms with Crippen LogP contribution in [0.4, 0.5) is 13.2 Å². The van der Waals surface area contributed by atoms with E-state index in [4.69, 9.17) is 5.73 Å². The molecular formula is C19H27ClF3N3O2. The van der Waals surface area contributed by atoms with Gasteiger partial charge < -0.3 is 16.0 Å². The summed E-state index contributed by atoms with van der Waals surface area (Å²) in [5.74, 6) is -0.995. The van der Waals surface area contributed by atoms with Crippen LogP contribution in [-0.2, 0) is 22.3 Å². The molecule has 158 valence electrons. The molecule has 1 heterocycles. The molecule has 0 radical (unpaired) electrons. The molecule has 1 aromatic carbocycles. The number of hydrogen-bond donors (Lipinski definition) is 2. The van der Waals surface area contributed by atoms with Crippen molar-refractivity contribution >= 4 is 24.2 Å². The second kappa shape index (κ2) is 9.60. The van der Waals surface area contributed by atoms with E-state index in [0.29, 0.717) is 12.1 Å². The molecular weight excluding hydrogens is 395 g/mol. The number of nitrogens with one attached hydrogen (secondary N) is 1. The normalized spacial score (nSPS) is 17.4. The molecule has 1 atom stereocenters. The largest absolute Gasteiger partial charge is 0.416 e. The van der Waals surface area contributed by atoms with Crippen LogP contribution >= 0.6 is 12.4 Å². The van der Waals surface area contributed by atoms with E-state index in [1.165, 1.54) is 11.0 Å². The molecule has 0 aliphatic carbocycles. The highest BCUT2D eigenvalue weighted by Crippen LogP contribution is 2.30. The molecule has 1 aliphatic heterocycles. The van der Waals surface area contributed by atoms with Gasteiger partial charge in [-0.1, -0.05) is 26.0 Å². The standard InChI is InChI=1S/C19H26F3N3O2.ClH/c1-3-18(23,4-2)12-24-17(27)14-9-16(26)25(11-14)10-13-6-5-7-15(8-13)19(20,21)22;/h5-8,14H,3-4,9-12,23H2,1-2H3,(H,24,27);1H. The topological polar surface area (TPSA) is 75.4 Å². The van der Waals surface area contributed by atoms with Crippen molar-refractivity contribution in [3.05, 3.63) is 35.4 Å². The highest BCUT2D eigenvalue weighted by atomic mass is 35.5. The second-order valence-corrected chi connectivity index (χ2v) is 7.16. The lowest BCUT2D eigenvalue weighted by molar-refractivity contribution is -0.137. The third kappa shape index (κ3) is 6.10. The Bertz CT molecular complexity index is 693. The summed E-state index contributed by atoms with van der Waals surface area (Å²) in [5, 5.41) is 2.81. The number of alkyl halides is 3. The molecule has 9 heteroatoms. The van der Waals surface area contributed by atoms with Gasteiger partial charge in [0.05, 0.1) is 11.5 Å². The van der Waals surface area contributed by atoms with Crippen molar-refractivity contribution in [3.8, 4) is 0 Å². The van der Waals surface area contributed by atoms with Crippen LogP contribution in [0.3, 0.4) is 0 Å². The number of rotatable bonds is 7. The average Bonchev–Trinajstić information content (AvgIpc) is 2.99. The minimum atomic E-state index is -4.43. The molecule has 3 N–H and O–H groups in total. The summed E-state index contributed by atoms with van der Waals surface area (Å²) in [7, 11) is 0. The summed E-state index contributed by atoms with van der Waals surface area (Å²) in [6.45, 7) is 4.47. The van der Waals surface area contributed by atoms with Crippen molar-refractivity contribution in [3.63, 3.8) is 0 Å². The first-order valence-corrected chi connectivity index (χ1v) is 9.08. The highest BCUT2D eigenvalue weighted by Gasteiger charge is 2.35. The van der Waals surface area contributed by atoms with Crippen LogP contribution in [-0.4, -0.2) is 35.3 Å². The van der Waals surface area contributed by atoms with Gasteiger partial charge in [0, 0.05) is 31.6 Å². The summed E-state index contributed by atoms with van der Waals surface area (Å²) < 4.78 is 38.5. The number of nitrogens with zero attached hydrogens (tertiary/aromatic N) is 1. The maximum absolute atomic E-state index is 12.8. The van der Waals surface area contributed by atoms with Gasteiger partial charge in [0.25, 0.3) is 0 Å². The minimum Gasteiger partial charge on any atom is -0.354 e. The summed E-state index contributed by atoms with van der Waals surface area (Å²) in [4.78, 5) is 26.0. The van der Waals surface area contributed by atoms with E-state index in [-0.39, 0.29) is 43.7 Å². The molecule has 2 amide bonds. The van der Waals surface area contributed by atoms with Crippen molar-refractivity contribution < 1.29 is 22.8 Å². The first-order valence-electron chi connectivity index (χ1n) is 9.08. The van der Waals surface area contributed by atoms with E-state index in [9.17, 15) is 22.8 Å². The Labute approximate surface area is 169 Å². The zero-order chi connectivity index (χ0) is 20.2. The van der Waals surface area contributed by atoms with Crippen molar-refractivity contribution in [1.82, 2.24) is 10.2 Å². The average molecular weight is 422 g/mol. The Kier molecular flexibility index (Phi) is 8.31. The first-order chi connectivity index (χ1) is 12.6. The van der Waals surface area contributed by atoms with Gasteiger partial charge in [0.2, 0.25) is 11.8 Å². The van der Waals surface area contributed by atoms with Crippen LogP contribution in [0.5, 0.6) is 0 Å². The maximum atomic E-state index is 12.8. The molecule has 1 fully saturated rings. The van der Waals surface area contributed by atoms with Gasteiger partial charge in [0.15, 0.2) is 0 Å². The highest BCUT2D eigenvalue weighted by molar-refractivity contribution is 5.89. The van der Waals surface area contributed by atoms with E-state index in [0.717, 1.165) is 25.0 Å². The zero-order valence-corrected chi connectivity index (χ0v) is 16.8. The molecule has 0 spiro atoms. The zero-order valence-electron chi connectivity index (χ0n) is 16.0. The molecule has 5 nitrogen and oxygen atoms in total. The third-order valence-electron chi connectivity index (χ3n) is 5.24. The Morgan fingerprint density at radius 3 is 2.50 bits per heavy atom. The molecule has 1 aromatic rings. The molecule has 0 saturated carbocycles. The Morgan fingerprint density at radius 1 is 1.29 bits per heavy atom. The first kappa shape index (κ1) is 24.2. The number of carbonyl (C=O) groups is 2. The van der Waals surface area contributed by atoms with Gasteiger partial charge in [-0.2, -0.15) is 13.2 Å². The fourth-order valence-corrected chi connectivity index (χ4v) is 3.07. The van der Waals surface area contributed by atoms with Gasteiger partial charge in [0.1, 0.15) is 0 Å². The van der Waals surface area contributed by atoms with Crippen LogP contribution < -0.4 is 11.1 Å². The lowest BCUT2D eigenvalue weighted by Crippen LogP contribution is -2.50. The van der Waals surface area contributed by atoms with Gasteiger partial charge in [-0.25, -0.2) is 0 Å². The quantitative estimate of drug-likeness (QED) is 0.710. The molecule has 1 unspecified atom stereocenters. The SMILES string of the molecule is CCC(N)(CC)CNC(=O)C1CC(=O)N(Cc2cccc(C(F)(F)F)c2)C1.Cl. The molecule has 0 aromatic heterocycles. The molecule has 1 saturated heterocycles. The van der Waals surface area contributed by atoms with Gasteiger partial charge >= 0.3 is 6.18 Å². The Morgan fingerprint density at radius 2 is 1.93 bits per heavy atom. The second-order valence-electron chi connectivity index (χ2n) is 7.16. The number of benzene rings is 1. The van der Waals surface area contributed by atoms with Gasteiger partial charge in [-0.15, -0.1) is 12.4 Å². The number of amides is 2. The number of likely N-dealkylation sites (tertiary alicyclic amines) is 1. The molecule has 0 bridgehead atoms. The summed E-state index contributed by atoms with van der Waals surface area (Å²) in [6.07, 6.45) is -2.94. The van der Waals surface area contributed by atoms with Crippen LogP contribution in [0.1, 0.15) is 44.2 Å². The van der Waals surface area contributed by atoms with E-state index in [1.54, 1.807) is 6.07 Å². The predicted molar refractivity (Wildman–Crippen MR) is 103 cm³/mol. The lowest BCUT2D eigenvalue weighted by Gasteiger charge is -2.27. The summed E-state index contributed by atoms with van der Waals surface area (Å²) in [6, 6.07) is 4.89.